The third kappa shape index (κ3) is 7.80. The molecule has 0 amide bonds. The number of hydrogen-bond donors (Lipinski definition) is 0. The zero-order valence-corrected chi connectivity index (χ0v) is 15.0. The maximum Gasteiger partial charge on any atom is 0.203 e. The molecule has 1 aromatic carbocycles. The first-order chi connectivity index (χ1) is 12.9. The van der Waals surface area contributed by atoms with Crippen LogP contribution in [0.1, 0.15) is 6.92 Å². The zero-order chi connectivity index (χ0) is 18.3. The first-order valence-corrected chi connectivity index (χ1v) is 8.60. The van der Waals surface area contributed by atoms with Crippen LogP contribution in [0.2, 0.25) is 0 Å². The van der Waals surface area contributed by atoms with Gasteiger partial charge >= 0.3 is 0 Å². The first kappa shape index (κ1) is 20.1. The normalized spacial score (nSPS) is 16.7. The number of nitrogens with zero attached hydrogens (tertiary/aromatic N) is 1. The molecule has 1 aliphatic rings. The summed E-state index contributed by atoms with van der Waals surface area (Å²) < 4.78 is 22.3. The average Bonchev–Trinajstić information content (AvgIpc) is 2.67. The SMILES string of the molecule is CCOOC#CON1CCOCCOCCOCCOc2ccccc21. The van der Waals surface area contributed by atoms with E-state index in [1.807, 2.05) is 24.3 Å². The zero-order valence-electron chi connectivity index (χ0n) is 15.0. The first-order valence-electron chi connectivity index (χ1n) is 8.60. The molecule has 8 heteroatoms. The van der Waals surface area contributed by atoms with Gasteiger partial charge in [-0.2, -0.15) is 9.95 Å². The second-order valence-corrected chi connectivity index (χ2v) is 5.04. The fourth-order valence-corrected chi connectivity index (χ4v) is 2.08. The minimum absolute atomic E-state index is 0.396. The van der Waals surface area contributed by atoms with Crippen molar-refractivity contribution in [2.24, 2.45) is 0 Å². The lowest BCUT2D eigenvalue weighted by Crippen LogP contribution is -2.27. The Hall–Kier alpha value is -2.18. The van der Waals surface area contributed by atoms with Crippen molar-refractivity contribution in [1.29, 1.82) is 0 Å². The van der Waals surface area contributed by atoms with E-state index in [0.29, 0.717) is 65.1 Å². The predicted octanol–water partition coefficient (Wildman–Crippen LogP) is 1.75. The Bertz CT molecular complexity index is 558. The molecule has 0 saturated heterocycles. The minimum atomic E-state index is 0.396. The van der Waals surface area contributed by atoms with Crippen molar-refractivity contribution in [3.05, 3.63) is 24.3 Å². The van der Waals surface area contributed by atoms with E-state index in [-0.39, 0.29) is 0 Å². The largest absolute Gasteiger partial charge is 0.489 e. The van der Waals surface area contributed by atoms with Crippen LogP contribution in [0.25, 0.3) is 0 Å². The smallest absolute Gasteiger partial charge is 0.203 e. The highest BCUT2D eigenvalue weighted by Crippen LogP contribution is 2.28. The molecule has 0 radical (unpaired) electrons. The molecule has 144 valence electrons. The Morgan fingerprint density at radius 3 is 2.38 bits per heavy atom. The van der Waals surface area contributed by atoms with Crippen LogP contribution in [-0.4, -0.2) is 59.4 Å². The topological polar surface area (TPSA) is 67.9 Å². The molecular formula is C18H25NO7. The Morgan fingerprint density at radius 2 is 1.62 bits per heavy atom. The molecule has 0 spiro atoms. The highest BCUT2D eigenvalue weighted by molar-refractivity contribution is 5.56. The molecular weight excluding hydrogens is 342 g/mol. The van der Waals surface area contributed by atoms with Crippen molar-refractivity contribution in [3.63, 3.8) is 0 Å². The number of fused-ring (bicyclic) bond motifs is 1. The maximum absolute atomic E-state index is 5.81. The van der Waals surface area contributed by atoms with Gasteiger partial charge in [0.05, 0.1) is 52.8 Å². The molecule has 26 heavy (non-hydrogen) atoms. The Kier molecular flexibility index (Phi) is 10.1. The van der Waals surface area contributed by atoms with Crippen LogP contribution in [0, 0.1) is 12.2 Å². The number of hydrogen-bond acceptors (Lipinski definition) is 8. The maximum atomic E-state index is 5.81. The summed E-state index contributed by atoms with van der Waals surface area (Å²) in [5, 5.41) is 1.58. The lowest BCUT2D eigenvalue weighted by molar-refractivity contribution is -0.232. The summed E-state index contributed by atoms with van der Waals surface area (Å²) in [6.45, 7) is 6.02. The summed E-state index contributed by atoms with van der Waals surface area (Å²) in [5.41, 5.74) is 0.730. The molecule has 1 heterocycles. The van der Waals surface area contributed by atoms with Gasteiger partial charge in [0.15, 0.2) is 6.11 Å². The monoisotopic (exact) mass is 367 g/mol. The van der Waals surface area contributed by atoms with Crippen molar-refractivity contribution < 1.29 is 33.6 Å². The lowest BCUT2D eigenvalue weighted by Gasteiger charge is -2.23. The van der Waals surface area contributed by atoms with E-state index >= 15 is 0 Å². The molecule has 0 aromatic heterocycles. The summed E-state index contributed by atoms with van der Waals surface area (Å²) in [4.78, 5) is 14.8. The van der Waals surface area contributed by atoms with Crippen molar-refractivity contribution in [1.82, 2.24) is 0 Å². The van der Waals surface area contributed by atoms with Crippen LogP contribution in [0.3, 0.4) is 0 Å². The number of hydroxylamine groups is 1. The summed E-state index contributed by atoms with van der Waals surface area (Å²) in [7, 11) is 0. The van der Waals surface area contributed by atoms with Gasteiger partial charge in [-0.25, -0.2) is 0 Å². The van der Waals surface area contributed by atoms with E-state index in [1.165, 1.54) is 0 Å². The van der Waals surface area contributed by atoms with E-state index in [0.717, 1.165) is 5.69 Å². The second kappa shape index (κ2) is 13.1. The van der Waals surface area contributed by atoms with Crippen LogP contribution in [0.4, 0.5) is 5.69 Å². The molecule has 1 aliphatic heterocycles. The summed E-state index contributed by atoms with van der Waals surface area (Å²) >= 11 is 0. The second-order valence-electron chi connectivity index (χ2n) is 5.04. The molecule has 0 N–H and O–H groups in total. The van der Waals surface area contributed by atoms with Gasteiger partial charge in [0.25, 0.3) is 0 Å². The standard InChI is InChI=1S/C18H25NO7/c1-2-25-26-16-15-24-19-7-8-20-9-10-21-11-12-22-13-14-23-18-6-4-3-5-17(18)19/h3-6H,2,7-14H2,1H3. The van der Waals surface area contributed by atoms with Crippen LogP contribution >= 0.6 is 0 Å². The van der Waals surface area contributed by atoms with Crippen LogP contribution in [0.15, 0.2) is 24.3 Å². The summed E-state index contributed by atoms with van der Waals surface area (Å²) in [6, 6.07) is 7.52. The third-order valence-corrected chi connectivity index (χ3v) is 3.22. The average molecular weight is 367 g/mol. The molecule has 0 aliphatic carbocycles. The number of rotatable bonds is 3. The van der Waals surface area contributed by atoms with Crippen molar-refractivity contribution >= 4 is 5.69 Å². The van der Waals surface area contributed by atoms with Gasteiger partial charge in [-0.1, -0.05) is 12.1 Å². The highest BCUT2D eigenvalue weighted by Gasteiger charge is 2.13. The summed E-state index contributed by atoms with van der Waals surface area (Å²) in [5.74, 6) is 0.662. The highest BCUT2D eigenvalue weighted by atomic mass is 17.2. The minimum Gasteiger partial charge on any atom is -0.489 e. The van der Waals surface area contributed by atoms with E-state index in [9.17, 15) is 0 Å². The number of benzene rings is 1. The van der Waals surface area contributed by atoms with Gasteiger partial charge in [-0.3, -0.25) is 4.89 Å². The van der Waals surface area contributed by atoms with Crippen LogP contribution < -0.4 is 9.80 Å². The molecule has 2 rings (SSSR count). The van der Waals surface area contributed by atoms with Gasteiger partial charge < -0.3 is 23.8 Å². The fraction of sp³-hybridized carbons (Fsp3) is 0.556. The molecule has 0 saturated carbocycles. The number of para-hydroxylation sites is 2. The van der Waals surface area contributed by atoms with Gasteiger partial charge in [0.1, 0.15) is 18.0 Å². The van der Waals surface area contributed by atoms with E-state index < -0.39 is 0 Å². The molecule has 0 bridgehead atoms. The molecule has 1 aromatic rings. The van der Waals surface area contributed by atoms with Crippen molar-refractivity contribution in [3.8, 4) is 18.0 Å². The quantitative estimate of drug-likeness (QED) is 0.346. The lowest BCUT2D eigenvalue weighted by atomic mass is 10.3. The predicted molar refractivity (Wildman–Crippen MR) is 93.3 cm³/mol. The Balaban J connectivity index is 2.04. The number of ether oxygens (including phenoxy) is 4. The van der Waals surface area contributed by atoms with Gasteiger partial charge in [-0.15, -0.1) is 0 Å². The van der Waals surface area contributed by atoms with E-state index in [4.69, 9.17) is 28.7 Å². The van der Waals surface area contributed by atoms with Crippen LogP contribution in [0.5, 0.6) is 5.75 Å². The van der Waals surface area contributed by atoms with Crippen LogP contribution in [-0.2, 0) is 28.8 Å². The van der Waals surface area contributed by atoms with E-state index in [1.54, 1.807) is 12.0 Å². The van der Waals surface area contributed by atoms with E-state index in [2.05, 4.69) is 17.1 Å². The Morgan fingerprint density at radius 1 is 0.923 bits per heavy atom. The van der Waals surface area contributed by atoms with Crippen molar-refractivity contribution in [2.75, 3.05) is 64.5 Å². The molecule has 0 fully saturated rings. The number of anilines is 1. The van der Waals surface area contributed by atoms with Gasteiger partial charge in [0.2, 0.25) is 6.11 Å². The fourth-order valence-electron chi connectivity index (χ4n) is 2.08. The third-order valence-electron chi connectivity index (χ3n) is 3.22. The molecule has 0 atom stereocenters. The summed E-state index contributed by atoms with van der Waals surface area (Å²) in [6.07, 6.45) is 4.76. The Labute approximate surface area is 153 Å². The van der Waals surface area contributed by atoms with Crippen molar-refractivity contribution in [2.45, 2.75) is 6.92 Å². The molecule has 0 unspecified atom stereocenters. The van der Waals surface area contributed by atoms with Gasteiger partial charge in [0, 0.05) is 0 Å². The van der Waals surface area contributed by atoms with Gasteiger partial charge in [-0.05, 0) is 19.1 Å². The molecule has 8 nitrogen and oxygen atoms in total.